The molecule has 4 aliphatic carbocycles. The highest BCUT2D eigenvalue weighted by molar-refractivity contribution is 5.66. The zero-order chi connectivity index (χ0) is 20.3. The molecule has 4 fully saturated rings. The van der Waals surface area contributed by atoms with Crippen LogP contribution in [0.3, 0.4) is 0 Å². The van der Waals surface area contributed by atoms with E-state index < -0.39 is 0 Å². The summed E-state index contributed by atoms with van der Waals surface area (Å²) in [7, 11) is 0. The molecule has 0 amide bonds. The second-order valence-corrected chi connectivity index (χ2v) is 11.1. The van der Waals surface area contributed by atoms with Crippen molar-refractivity contribution in [2.24, 2.45) is 46.3 Å². The summed E-state index contributed by atoms with van der Waals surface area (Å²) in [6, 6.07) is 0. The molecule has 4 nitrogen and oxygen atoms in total. The van der Waals surface area contributed by atoms with Crippen LogP contribution in [0.5, 0.6) is 0 Å². The van der Waals surface area contributed by atoms with E-state index in [0.717, 1.165) is 32.1 Å². The summed E-state index contributed by atoms with van der Waals surface area (Å²) in [5.74, 6) is 3.04. The van der Waals surface area contributed by atoms with Crippen LogP contribution < -0.4 is 0 Å². The monoisotopic (exact) mass is 392 g/mol. The van der Waals surface area contributed by atoms with Crippen LogP contribution in [-0.4, -0.2) is 35.0 Å². The Labute approximate surface area is 170 Å². The van der Waals surface area contributed by atoms with Gasteiger partial charge in [-0.05, 0) is 97.7 Å². The minimum absolute atomic E-state index is 0.0402. The van der Waals surface area contributed by atoms with Crippen LogP contribution in [0, 0.1) is 46.3 Å². The summed E-state index contributed by atoms with van der Waals surface area (Å²) in [5.41, 5.74) is 0.226. The van der Waals surface area contributed by atoms with E-state index in [1.807, 2.05) is 0 Å². The molecule has 0 radical (unpaired) electrons. The Kier molecular flexibility index (Phi) is 5.36. The summed E-state index contributed by atoms with van der Waals surface area (Å²) in [6.45, 7) is 8.70. The van der Waals surface area contributed by atoms with E-state index >= 15 is 0 Å². The molecule has 0 heterocycles. The number of fused-ring (bicyclic) bond motifs is 5. The van der Waals surface area contributed by atoms with Crippen molar-refractivity contribution in [3.8, 4) is 0 Å². The summed E-state index contributed by atoms with van der Waals surface area (Å²) in [6.07, 6.45) is 8.68. The third-order valence-corrected chi connectivity index (χ3v) is 10.1. The van der Waals surface area contributed by atoms with Crippen LogP contribution in [-0.2, 0) is 9.53 Å². The SMILES string of the molecule is CC(=O)O[C@@H]1CC[C@]2(C)C3C[C@H](O)[C@@]4(C)C(CC[C@@H]4[C@H](C)CO)C3CC[C@@H]2C1. The zero-order valence-corrected chi connectivity index (χ0v) is 18.2. The molecule has 0 aliphatic heterocycles. The number of aliphatic hydroxyl groups is 2. The van der Waals surface area contributed by atoms with Crippen LogP contribution >= 0.6 is 0 Å². The summed E-state index contributed by atoms with van der Waals surface area (Å²) in [4.78, 5) is 11.4. The second-order valence-electron chi connectivity index (χ2n) is 11.1. The van der Waals surface area contributed by atoms with E-state index in [4.69, 9.17) is 4.74 Å². The van der Waals surface area contributed by atoms with Gasteiger partial charge in [0, 0.05) is 13.5 Å². The highest BCUT2D eigenvalue weighted by Crippen LogP contribution is 2.68. The Bertz CT molecular complexity index is 605. The van der Waals surface area contributed by atoms with Crippen LogP contribution in [0.1, 0.15) is 79.1 Å². The Morgan fingerprint density at radius 1 is 1.11 bits per heavy atom. The van der Waals surface area contributed by atoms with E-state index in [9.17, 15) is 15.0 Å². The van der Waals surface area contributed by atoms with Gasteiger partial charge >= 0.3 is 5.97 Å². The third-order valence-electron chi connectivity index (χ3n) is 10.1. The molecule has 2 N–H and O–H groups in total. The number of hydrogen-bond donors (Lipinski definition) is 2. The number of aliphatic hydroxyl groups excluding tert-OH is 2. The summed E-state index contributed by atoms with van der Waals surface area (Å²) >= 11 is 0. The van der Waals surface area contributed by atoms with Crippen molar-refractivity contribution in [1.29, 1.82) is 0 Å². The molecule has 3 unspecified atom stereocenters. The van der Waals surface area contributed by atoms with Crippen molar-refractivity contribution in [2.45, 2.75) is 91.3 Å². The van der Waals surface area contributed by atoms with Gasteiger partial charge < -0.3 is 14.9 Å². The van der Waals surface area contributed by atoms with Crippen molar-refractivity contribution >= 4 is 5.97 Å². The van der Waals surface area contributed by atoms with Crippen molar-refractivity contribution in [2.75, 3.05) is 6.61 Å². The van der Waals surface area contributed by atoms with Crippen molar-refractivity contribution in [3.63, 3.8) is 0 Å². The van der Waals surface area contributed by atoms with E-state index in [0.29, 0.717) is 29.6 Å². The topological polar surface area (TPSA) is 66.8 Å². The lowest BCUT2D eigenvalue weighted by atomic mass is 9.43. The van der Waals surface area contributed by atoms with Gasteiger partial charge in [0.25, 0.3) is 0 Å². The smallest absolute Gasteiger partial charge is 0.302 e. The number of carbonyl (C=O) groups is 1. The number of hydrogen-bond acceptors (Lipinski definition) is 4. The van der Waals surface area contributed by atoms with Gasteiger partial charge in [0.2, 0.25) is 0 Å². The Balaban J connectivity index is 1.56. The first-order chi connectivity index (χ1) is 13.2. The van der Waals surface area contributed by atoms with Crippen molar-refractivity contribution < 1.29 is 19.7 Å². The zero-order valence-electron chi connectivity index (χ0n) is 18.2. The normalized spacial score (nSPS) is 51.6. The predicted molar refractivity (Wildman–Crippen MR) is 108 cm³/mol. The molecule has 28 heavy (non-hydrogen) atoms. The van der Waals surface area contributed by atoms with Gasteiger partial charge in [-0.1, -0.05) is 20.8 Å². The fourth-order valence-electron chi connectivity index (χ4n) is 8.61. The maximum atomic E-state index is 11.4. The molecular formula is C24H40O4. The van der Waals surface area contributed by atoms with E-state index in [-0.39, 0.29) is 41.5 Å². The molecule has 4 rings (SSSR count). The van der Waals surface area contributed by atoms with Crippen LogP contribution in [0.2, 0.25) is 0 Å². The van der Waals surface area contributed by atoms with Gasteiger partial charge in [-0.3, -0.25) is 4.79 Å². The Hall–Kier alpha value is -0.610. The second kappa shape index (κ2) is 7.27. The first kappa shape index (κ1) is 20.7. The molecule has 10 atom stereocenters. The molecule has 4 aliphatic rings. The Morgan fingerprint density at radius 2 is 1.86 bits per heavy atom. The lowest BCUT2D eigenvalue weighted by Crippen LogP contribution is -2.59. The summed E-state index contributed by atoms with van der Waals surface area (Å²) < 4.78 is 5.57. The molecule has 0 aromatic heterocycles. The van der Waals surface area contributed by atoms with E-state index in [1.54, 1.807) is 0 Å². The quantitative estimate of drug-likeness (QED) is 0.707. The maximum absolute atomic E-state index is 11.4. The van der Waals surface area contributed by atoms with Crippen molar-refractivity contribution in [3.05, 3.63) is 0 Å². The number of rotatable bonds is 3. The third kappa shape index (κ3) is 2.96. The minimum Gasteiger partial charge on any atom is -0.463 e. The fraction of sp³-hybridized carbons (Fsp3) is 0.958. The van der Waals surface area contributed by atoms with E-state index in [2.05, 4.69) is 20.8 Å². The van der Waals surface area contributed by atoms with Gasteiger partial charge in [-0.15, -0.1) is 0 Å². The average Bonchev–Trinajstić information content (AvgIpc) is 3.01. The molecule has 0 spiro atoms. The van der Waals surface area contributed by atoms with Gasteiger partial charge in [0.05, 0.1) is 6.10 Å². The van der Waals surface area contributed by atoms with Crippen LogP contribution in [0.25, 0.3) is 0 Å². The Morgan fingerprint density at radius 3 is 2.54 bits per heavy atom. The molecule has 0 bridgehead atoms. The maximum Gasteiger partial charge on any atom is 0.302 e. The molecule has 0 saturated heterocycles. The van der Waals surface area contributed by atoms with Gasteiger partial charge in [-0.2, -0.15) is 0 Å². The van der Waals surface area contributed by atoms with Gasteiger partial charge in [0.1, 0.15) is 6.10 Å². The van der Waals surface area contributed by atoms with E-state index in [1.165, 1.54) is 26.2 Å². The molecule has 4 heteroatoms. The highest BCUT2D eigenvalue weighted by Gasteiger charge is 2.63. The molecule has 0 aromatic rings. The molecule has 160 valence electrons. The lowest BCUT2D eigenvalue weighted by Gasteiger charge is -2.62. The molecule has 0 aromatic carbocycles. The first-order valence-electron chi connectivity index (χ1n) is 11.7. The fourth-order valence-corrected chi connectivity index (χ4v) is 8.61. The average molecular weight is 393 g/mol. The minimum atomic E-state index is -0.262. The highest BCUT2D eigenvalue weighted by atomic mass is 16.5. The lowest BCUT2D eigenvalue weighted by molar-refractivity contribution is -0.181. The number of ether oxygens (including phenoxy) is 1. The molecule has 4 saturated carbocycles. The van der Waals surface area contributed by atoms with Crippen molar-refractivity contribution in [1.82, 2.24) is 0 Å². The predicted octanol–water partition coefficient (Wildman–Crippen LogP) is 4.18. The number of esters is 1. The van der Waals surface area contributed by atoms with Gasteiger partial charge in [-0.25, -0.2) is 0 Å². The largest absolute Gasteiger partial charge is 0.463 e. The molecular weight excluding hydrogens is 352 g/mol. The van der Waals surface area contributed by atoms with Gasteiger partial charge in [0.15, 0.2) is 0 Å². The van der Waals surface area contributed by atoms with Crippen LogP contribution in [0.15, 0.2) is 0 Å². The number of carbonyl (C=O) groups excluding carboxylic acids is 1. The van der Waals surface area contributed by atoms with Crippen LogP contribution in [0.4, 0.5) is 0 Å². The summed E-state index contributed by atoms with van der Waals surface area (Å²) in [5, 5.41) is 21.2. The standard InChI is InChI=1S/C24H40O4/c1-14(13-25)19-7-8-20-18-6-5-16-11-17(28-15(2)26)9-10-23(16,3)21(18)12-22(27)24(19,20)4/h14,16-22,25,27H,5-13H2,1-4H3/t14-,16-,17-,18?,19-,20?,21?,22+,23+,24-/m1/s1. The first-order valence-corrected chi connectivity index (χ1v) is 11.7.